The van der Waals surface area contributed by atoms with Crippen LogP contribution in [-0.2, 0) is 0 Å². The molecule has 4 aromatic rings. The highest BCUT2D eigenvalue weighted by Gasteiger charge is 2.10. The van der Waals surface area contributed by atoms with Crippen molar-refractivity contribution in [3.63, 3.8) is 0 Å². The summed E-state index contributed by atoms with van der Waals surface area (Å²) in [6.45, 7) is 0. The van der Waals surface area contributed by atoms with Gasteiger partial charge in [0.05, 0.1) is 7.11 Å². The number of para-hydroxylation sites is 1. The highest BCUT2D eigenvalue weighted by molar-refractivity contribution is 5.94. The highest BCUT2D eigenvalue weighted by Crippen LogP contribution is 2.29. The molecule has 5 heteroatoms. The van der Waals surface area contributed by atoms with Crippen molar-refractivity contribution in [3.05, 3.63) is 66.6 Å². The largest absolute Gasteiger partial charge is 0.497 e. The predicted molar refractivity (Wildman–Crippen MR) is 94.0 cm³/mol. The minimum absolute atomic E-state index is 0.325. The van der Waals surface area contributed by atoms with Gasteiger partial charge in [-0.25, -0.2) is 4.99 Å². The average molecular weight is 317 g/mol. The monoisotopic (exact) mass is 317 g/mol. The first-order chi connectivity index (χ1) is 11.8. The second-order valence-corrected chi connectivity index (χ2v) is 5.29. The Kier molecular flexibility index (Phi) is 3.59. The molecule has 0 saturated carbocycles. The molecule has 0 aliphatic carbocycles. The number of aromatic amines is 1. The third-order valence-electron chi connectivity index (χ3n) is 3.80. The van der Waals surface area contributed by atoms with Crippen LogP contribution in [0.15, 0.2) is 70.4 Å². The van der Waals surface area contributed by atoms with Crippen LogP contribution in [0.25, 0.3) is 22.2 Å². The second-order valence-electron chi connectivity index (χ2n) is 5.29. The molecule has 0 fully saturated rings. The topological polar surface area (TPSA) is 63.4 Å². The summed E-state index contributed by atoms with van der Waals surface area (Å²) in [5, 5.41) is 1.11. The smallest absolute Gasteiger partial charge is 0.322 e. The molecule has 5 nitrogen and oxygen atoms in total. The van der Waals surface area contributed by atoms with Crippen LogP contribution in [-0.4, -0.2) is 23.3 Å². The first kappa shape index (κ1) is 14.3. The summed E-state index contributed by atoms with van der Waals surface area (Å²) >= 11 is 0. The van der Waals surface area contributed by atoms with Crippen LogP contribution in [0.3, 0.4) is 0 Å². The summed E-state index contributed by atoms with van der Waals surface area (Å²) in [6, 6.07) is 16.0. The predicted octanol–water partition coefficient (Wildman–Crippen LogP) is 4.58. The zero-order valence-corrected chi connectivity index (χ0v) is 13.1. The van der Waals surface area contributed by atoms with Crippen LogP contribution in [0, 0.1) is 0 Å². The van der Waals surface area contributed by atoms with E-state index in [1.807, 2.05) is 48.7 Å². The van der Waals surface area contributed by atoms with Crippen LogP contribution >= 0.6 is 0 Å². The number of aliphatic imine (C=N–C) groups is 1. The molecule has 0 unspecified atom stereocenters. The number of oxazole rings is 1. The Morgan fingerprint density at radius 3 is 2.79 bits per heavy atom. The molecule has 2 aromatic heterocycles. The molecule has 0 aliphatic heterocycles. The van der Waals surface area contributed by atoms with Crippen molar-refractivity contribution in [1.82, 2.24) is 9.97 Å². The van der Waals surface area contributed by atoms with Crippen molar-refractivity contribution in [3.8, 4) is 17.0 Å². The summed E-state index contributed by atoms with van der Waals surface area (Å²) < 4.78 is 10.6. The summed E-state index contributed by atoms with van der Waals surface area (Å²) in [6.07, 6.45) is 5.26. The van der Waals surface area contributed by atoms with Crippen LogP contribution in [0.5, 0.6) is 5.75 Å². The maximum Gasteiger partial charge on any atom is 0.322 e. The maximum absolute atomic E-state index is 5.46. The van der Waals surface area contributed by atoms with E-state index in [4.69, 9.17) is 9.15 Å². The number of aromatic nitrogens is 2. The molecule has 0 aliphatic rings. The average Bonchev–Trinajstić information content (AvgIpc) is 3.27. The van der Waals surface area contributed by atoms with E-state index in [1.54, 1.807) is 19.6 Å². The molecule has 0 atom stereocenters. The number of methoxy groups -OCH3 is 1. The van der Waals surface area contributed by atoms with E-state index in [2.05, 4.69) is 21.0 Å². The van der Waals surface area contributed by atoms with Crippen LogP contribution in [0.2, 0.25) is 0 Å². The fraction of sp³-hybridized carbons (Fsp3) is 0.0526. The summed E-state index contributed by atoms with van der Waals surface area (Å²) in [4.78, 5) is 12.0. The van der Waals surface area contributed by atoms with Crippen molar-refractivity contribution in [2.45, 2.75) is 0 Å². The SMILES string of the molecule is COc1ccc(/C=N/c2nc(-c3c[nH]c4ccccc34)co2)cc1. The Morgan fingerprint density at radius 2 is 1.96 bits per heavy atom. The van der Waals surface area contributed by atoms with Gasteiger partial charge in [0, 0.05) is 28.9 Å². The number of nitrogens with one attached hydrogen (secondary N) is 1. The van der Waals surface area contributed by atoms with Crippen LogP contribution < -0.4 is 4.74 Å². The van der Waals surface area contributed by atoms with Gasteiger partial charge in [-0.15, -0.1) is 0 Å². The third-order valence-corrected chi connectivity index (χ3v) is 3.80. The molecule has 4 rings (SSSR count). The quantitative estimate of drug-likeness (QED) is 0.560. The summed E-state index contributed by atoms with van der Waals surface area (Å²) in [5.41, 5.74) is 3.77. The standard InChI is InChI=1S/C19H15N3O2/c1-23-14-8-6-13(7-9-14)10-21-19-22-18(12-24-19)16-11-20-17-5-3-2-4-15(16)17/h2-12,20H,1H3/b21-10+. The van der Waals surface area contributed by atoms with Crippen molar-refractivity contribution in [2.24, 2.45) is 4.99 Å². The van der Waals surface area contributed by atoms with E-state index in [0.29, 0.717) is 6.01 Å². The molecule has 118 valence electrons. The molecular weight excluding hydrogens is 302 g/mol. The summed E-state index contributed by atoms with van der Waals surface area (Å²) in [5.74, 6) is 0.810. The van der Waals surface area contributed by atoms with Crippen LogP contribution in [0.1, 0.15) is 5.56 Å². The van der Waals surface area contributed by atoms with Gasteiger partial charge in [0.2, 0.25) is 0 Å². The van der Waals surface area contributed by atoms with Gasteiger partial charge in [-0.3, -0.25) is 0 Å². The zero-order chi connectivity index (χ0) is 16.4. The molecule has 2 aromatic carbocycles. The van der Waals surface area contributed by atoms with Gasteiger partial charge in [0.15, 0.2) is 0 Å². The normalized spacial score (nSPS) is 11.4. The van der Waals surface area contributed by atoms with Gasteiger partial charge in [0.25, 0.3) is 0 Å². The van der Waals surface area contributed by atoms with E-state index in [9.17, 15) is 0 Å². The van der Waals surface area contributed by atoms with Crippen LogP contribution in [0.4, 0.5) is 6.01 Å². The van der Waals surface area contributed by atoms with E-state index >= 15 is 0 Å². The lowest BCUT2D eigenvalue weighted by Gasteiger charge is -1.98. The number of ether oxygens (including phenoxy) is 1. The number of benzene rings is 2. The first-order valence-electron chi connectivity index (χ1n) is 7.53. The maximum atomic E-state index is 5.46. The number of H-pyrrole nitrogens is 1. The minimum atomic E-state index is 0.325. The van der Waals surface area contributed by atoms with E-state index < -0.39 is 0 Å². The molecule has 0 spiro atoms. The van der Waals surface area contributed by atoms with E-state index in [1.165, 1.54) is 0 Å². The van der Waals surface area contributed by atoms with Gasteiger partial charge >= 0.3 is 6.01 Å². The molecule has 0 bridgehead atoms. The highest BCUT2D eigenvalue weighted by atomic mass is 16.5. The molecular formula is C19H15N3O2. The van der Waals surface area contributed by atoms with Gasteiger partial charge in [-0.1, -0.05) is 18.2 Å². The lowest BCUT2D eigenvalue weighted by Crippen LogP contribution is -1.84. The van der Waals surface area contributed by atoms with Gasteiger partial charge in [0.1, 0.15) is 17.7 Å². The number of rotatable bonds is 4. The summed E-state index contributed by atoms with van der Waals surface area (Å²) in [7, 11) is 1.64. The van der Waals surface area contributed by atoms with E-state index in [-0.39, 0.29) is 0 Å². The first-order valence-corrected chi connectivity index (χ1v) is 7.53. The van der Waals surface area contributed by atoms with E-state index in [0.717, 1.165) is 33.5 Å². The molecule has 0 amide bonds. The lowest BCUT2D eigenvalue weighted by atomic mass is 10.1. The third kappa shape index (κ3) is 2.67. The number of nitrogens with zero attached hydrogens (tertiary/aromatic N) is 2. The molecule has 24 heavy (non-hydrogen) atoms. The Hall–Kier alpha value is -3.34. The van der Waals surface area contributed by atoms with Crippen molar-refractivity contribution in [2.75, 3.05) is 7.11 Å². The Bertz CT molecular complexity index is 997. The number of hydrogen-bond donors (Lipinski definition) is 1. The molecule has 2 heterocycles. The number of fused-ring (bicyclic) bond motifs is 1. The Labute approximate surface area is 138 Å². The zero-order valence-electron chi connectivity index (χ0n) is 13.1. The molecule has 1 N–H and O–H groups in total. The van der Waals surface area contributed by atoms with Gasteiger partial charge < -0.3 is 14.1 Å². The fourth-order valence-electron chi connectivity index (χ4n) is 2.55. The van der Waals surface area contributed by atoms with Crippen molar-refractivity contribution < 1.29 is 9.15 Å². The molecule has 0 radical (unpaired) electrons. The minimum Gasteiger partial charge on any atom is -0.497 e. The van der Waals surface area contributed by atoms with Gasteiger partial charge in [-0.2, -0.15) is 4.98 Å². The Morgan fingerprint density at radius 1 is 1.12 bits per heavy atom. The lowest BCUT2D eigenvalue weighted by molar-refractivity contribution is 0.415. The van der Waals surface area contributed by atoms with Gasteiger partial charge in [-0.05, 0) is 35.9 Å². The van der Waals surface area contributed by atoms with Crippen molar-refractivity contribution in [1.29, 1.82) is 0 Å². The number of hydrogen-bond acceptors (Lipinski definition) is 4. The fourth-order valence-corrected chi connectivity index (χ4v) is 2.55. The second kappa shape index (κ2) is 6.04. The van der Waals surface area contributed by atoms with Crippen molar-refractivity contribution >= 4 is 23.1 Å². The Balaban J connectivity index is 1.59. The molecule has 0 saturated heterocycles.